The number of nitrogens with two attached hydrogens (primary N) is 1. The molecule has 0 aromatic carbocycles. The summed E-state index contributed by atoms with van der Waals surface area (Å²) in [5.74, 6) is -0.102. The van der Waals surface area contributed by atoms with E-state index in [1.54, 1.807) is 13.8 Å². The van der Waals surface area contributed by atoms with E-state index in [2.05, 4.69) is 10.3 Å². The Morgan fingerprint density at radius 1 is 1.33 bits per heavy atom. The molecule has 1 aromatic heterocycles. The highest BCUT2D eigenvalue weighted by Crippen LogP contribution is 2.31. The van der Waals surface area contributed by atoms with Crippen LogP contribution < -0.4 is 11.1 Å². The molecular formula is C11H16F3N3O. The summed E-state index contributed by atoms with van der Waals surface area (Å²) in [5.41, 5.74) is 4.01. The minimum atomic E-state index is -4.44. The van der Waals surface area contributed by atoms with Gasteiger partial charge in [0.1, 0.15) is 11.6 Å². The number of rotatable bonds is 4. The van der Waals surface area contributed by atoms with Crippen LogP contribution >= 0.6 is 0 Å². The normalized spacial score (nSPS) is 12.6. The van der Waals surface area contributed by atoms with Crippen molar-refractivity contribution in [1.82, 2.24) is 4.98 Å². The van der Waals surface area contributed by atoms with Crippen LogP contribution in [0.2, 0.25) is 0 Å². The molecule has 4 nitrogen and oxygen atoms in total. The molecule has 0 bridgehead atoms. The van der Waals surface area contributed by atoms with Crippen LogP contribution in [0.3, 0.4) is 0 Å². The summed E-state index contributed by atoms with van der Waals surface area (Å²) in [7, 11) is 1.52. The van der Waals surface area contributed by atoms with Crippen LogP contribution in [0.15, 0.2) is 12.1 Å². The van der Waals surface area contributed by atoms with Gasteiger partial charge < -0.3 is 15.8 Å². The first kappa shape index (κ1) is 14.6. The molecule has 0 aliphatic carbocycles. The van der Waals surface area contributed by atoms with Crippen molar-refractivity contribution in [2.75, 3.05) is 24.7 Å². The van der Waals surface area contributed by atoms with Crippen LogP contribution in [0.5, 0.6) is 0 Å². The molecule has 0 atom stereocenters. The van der Waals surface area contributed by atoms with E-state index in [1.807, 2.05) is 0 Å². The first-order chi connectivity index (χ1) is 8.14. The number of methoxy groups -OCH3 is 1. The highest BCUT2D eigenvalue weighted by molar-refractivity contribution is 5.47. The molecule has 1 aromatic rings. The first-order valence-electron chi connectivity index (χ1n) is 5.28. The molecule has 0 saturated heterocycles. The van der Waals surface area contributed by atoms with E-state index >= 15 is 0 Å². The van der Waals surface area contributed by atoms with Crippen molar-refractivity contribution in [3.8, 4) is 0 Å². The SMILES string of the molecule is COC(C)(C)CNc1cc(C(F)(F)F)cc(N)n1. The number of pyridine rings is 1. The molecule has 3 N–H and O–H groups in total. The second-order valence-corrected chi connectivity index (χ2v) is 4.48. The second-order valence-electron chi connectivity index (χ2n) is 4.48. The highest BCUT2D eigenvalue weighted by Gasteiger charge is 2.31. The summed E-state index contributed by atoms with van der Waals surface area (Å²) in [4.78, 5) is 3.80. The van der Waals surface area contributed by atoms with Gasteiger partial charge in [-0.05, 0) is 26.0 Å². The first-order valence-corrected chi connectivity index (χ1v) is 5.28. The Kier molecular flexibility index (Phi) is 4.05. The van der Waals surface area contributed by atoms with Crippen molar-refractivity contribution >= 4 is 11.6 Å². The van der Waals surface area contributed by atoms with Crippen molar-refractivity contribution in [1.29, 1.82) is 0 Å². The van der Waals surface area contributed by atoms with Gasteiger partial charge in [-0.15, -0.1) is 0 Å². The van der Waals surface area contributed by atoms with Gasteiger partial charge in [0.2, 0.25) is 0 Å². The lowest BCUT2D eigenvalue weighted by Gasteiger charge is -2.23. The zero-order chi connectivity index (χ0) is 14.0. The Balaban J connectivity index is 2.88. The van der Waals surface area contributed by atoms with Gasteiger partial charge in [0.25, 0.3) is 0 Å². The Labute approximate surface area is 103 Å². The molecule has 0 spiro atoms. The molecule has 0 fully saturated rings. The molecule has 0 radical (unpaired) electrons. The van der Waals surface area contributed by atoms with E-state index in [1.165, 1.54) is 7.11 Å². The van der Waals surface area contributed by atoms with E-state index in [-0.39, 0.29) is 11.6 Å². The Bertz CT molecular complexity index is 418. The summed E-state index contributed by atoms with van der Waals surface area (Å²) >= 11 is 0. The van der Waals surface area contributed by atoms with Gasteiger partial charge in [0.05, 0.1) is 11.2 Å². The molecule has 18 heavy (non-hydrogen) atoms. The van der Waals surface area contributed by atoms with E-state index in [0.29, 0.717) is 6.54 Å². The third kappa shape index (κ3) is 4.06. The van der Waals surface area contributed by atoms with Crippen molar-refractivity contribution in [2.45, 2.75) is 25.6 Å². The number of anilines is 2. The number of hydrogen-bond acceptors (Lipinski definition) is 4. The minimum Gasteiger partial charge on any atom is -0.384 e. The van der Waals surface area contributed by atoms with Gasteiger partial charge in [-0.3, -0.25) is 0 Å². The molecule has 1 heterocycles. The Morgan fingerprint density at radius 3 is 2.44 bits per heavy atom. The zero-order valence-corrected chi connectivity index (χ0v) is 10.4. The summed E-state index contributed by atoms with van der Waals surface area (Å²) in [5, 5.41) is 2.77. The van der Waals surface area contributed by atoms with Crippen LogP contribution in [0.25, 0.3) is 0 Å². The zero-order valence-electron chi connectivity index (χ0n) is 10.4. The van der Waals surface area contributed by atoms with Gasteiger partial charge >= 0.3 is 6.18 Å². The van der Waals surface area contributed by atoms with Crippen molar-refractivity contribution < 1.29 is 17.9 Å². The lowest BCUT2D eigenvalue weighted by Crippen LogP contribution is -2.32. The molecular weight excluding hydrogens is 247 g/mol. The quantitative estimate of drug-likeness (QED) is 0.876. The van der Waals surface area contributed by atoms with Crippen molar-refractivity contribution in [2.24, 2.45) is 0 Å². The fraction of sp³-hybridized carbons (Fsp3) is 0.545. The standard InChI is InChI=1S/C11H16F3N3O/c1-10(2,18-3)6-16-9-5-7(11(12,13)14)4-8(15)17-9/h4-5H,6H2,1-3H3,(H3,15,16,17). The number of ether oxygens (including phenoxy) is 1. The summed E-state index contributed by atoms with van der Waals surface area (Å²) in [6.45, 7) is 3.92. The molecule has 0 unspecified atom stereocenters. The van der Waals surface area contributed by atoms with Crippen LogP contribution in [0, 0.1) is 0 Å². The van der Waals surface area contributed by atoms with Gasteiger partial charge in [-0.1, -0.05) is 0 Å². The lowest BCUT2D eigenvalue weighted by atomic mass is 10.1. The largest absolute Gasteiger partial charge is 0.416 e. The van der Waals surface area contributed by atoms with Gasteiger partial charge in [-0.25, -0.2) is 4.98 Å². The van der Waals surface area contributed by atoms with Gasteiger partial charge in [0.15, 0.2) is 0 Å². The number of hydrogen-bond donors (Lipinski definition) is 2. The highest BCUT2D eigenvalue weighted by atomic mass is 19.4. The van der Waals surface area contributed by atoms with E-state index in [9.17, 15) is 13.2 Å². The average molecular weight is 263 g/mol. The average Bonchev–Trinajstić information content (AvgIpc) is 2.25. The fourth-order valence-electron chi connectivity index (χ4n) is 1.18. The van der Waals surface area contributed by atoms with Crippen LogP contribution in [-0.4, -0.2) is 24.2 Å². The lowest BCUT2D eigenvalue weighted by molar-refractivity contribution is -0.137. The van der Waals surface area contributed by atoms with Crippen molar-refractivity contribution in [3.05, 3.63) is 17.7 Å². The van der Waals surface area contributed by atoms with Crippen LogP contribution in [0.4, 0.5) is 24.8 Å². The summed E-state index contributed by atoms with van der Waals surface area (Å²) in [6.07, 6.45) is -4.44. The van der Waals surface area contributed by atoms with Crippen molar-refractivity contribution in [3.63, 3.8) is 0 Å². The Hall–Kier alpha value is -1.50. The van der Waals surface area contributed by atoms with E-state index in [4.69, 9.17) is 10.5 Å². The molecule has 1 rings (SSSR count). The number of nitrogens with zero attached hydrogens (tertiary/aromatic N) is 1. The van der Waals surface area contributed by atoms with Gasteiger partial charge in [0, 0.05) is 13.7 Å². The number of halogens is 3. The summed E-state index contributed by atoms with van der Waals surface area (Å²) < 4.78 is 42.8. The topological polar surface area (TPSA) is 60.2 Å². The molecule has 7 heteroatoms. The predicted octanol–water partition coefficient (Wildman–Crippen LogP) is 2.52. The second kappa shape index (κ2) is 5.01. The third-order valence-corrected chi connectivity index (χ3v) is 2.42. The van der Waals surface area contributed by atoms with Crippen LogP contribution in [0.1, 0.15) is 19.4 Å². The minimum absolute atomic E-state index is 0.0763. The maximum atomic E-state index is 12.6. The molecule has 0 amide bonds. The van der Waals surface area contributed by atoms with Gasteiger partial charge in [-0.2, -0.15) is 13.2 Å². The maximum Gasteiger partial charge on any atom is 0.416 e. The molecule has 0 aliphatic rings. The number of nitrogen functional groups attached to an aromatic ring is 1. The van der Waals surface area contributed by atoms with Crippen LogP contribution in [-0.2, 0) is 10.9 Å². The summed E-state index contributed by atoms with van der Waals surface area (Å²) in [6, 6.07) is 1.72. The maximum absolute atomic E-state index is 12.6. The predicted molar refractivity (Wildman–Crippen MR) is 63.2 cm³/mol. The monoisotopic (exact) mass is 263 g/mol. The number of aromatic nitrogens is 1. The van der Waals surface area contributed by atoms with E-state index in [0.717, 1.165) is 12.1 Å². The van der Waals surface area contributed by atoms with E-state index < -0.39 is 17.3 Å². The fourth-order valence-corrected chi connectivity index (χ4v) is 1.18. The molecule has 0 saturated carbocycles. The number of nitrogens with one attached hydrogen (secondary N) is 1. The molecule has 102 valence electrons. The Morgan fingerprint density at radius 2 is 1.94 bits per heavy atom. The number of alkyl halides is 3. The third-order valence-electron chi connectivity index (χ3n) is 2.42. The molecule has 0 aliphatic heterocycles. The smallest absolute Gasteiger partial charge is 0.384 e.